The number of hydrogen-bond acceptors (Lipinski definition) is 3. The first kappa shape index (κ1) is 17.0. The SMILES string of the molecule is COc1ccc(C(=O)Nc2cccc(F)c2Cl)cc1N1CCNC1=O. The Kier molecular flexibility index (Phi) is 4.76. The summed E-state index contributed by atoms with van der Waals surface area (Å²) in [6, 6.07) is 8.60. The Hall–Kier alpha value is -2.80. The van der Waals surface area contributed by atoms with Gasteiger partial charge in [0, 0.05) is 18.7 Å². The Morgan fingerprint density at radius 1 is 1.36 bits per heavy atom. The summed E-state index contributed by atoms with van der Waals surface area (Å²) in [4.78, 5) is 25.9. The van der Waals surface area contributed by atoms with Crippen molar-refractivity contribution in [2.45, 2.75) is 0 Å². The summed E-state index contributed by atoms with van der Waals surface area (Å²) in [7, 11) is 1.49. The molecule has 0 atom stereocenters. The van der Waals surface area contributed by atoms with Crippen LogP contribution in [0, 0.1) is 5.82 Å². The van der Waals surface area contributed by atoms with Gasteiger partial charge in [0.2, 0.25) is 0 Å². The molecule has 0 radical (unpaired) electrons. The summed E-state index contributed by atoms with van der Waals surface area (Å²) in [6.45, 7) is 0.979. The lowest BCUT2D eigenvalue weighted by molar-refractivity contribution is 0.102. The third-order valence-electron chi connectivity index (χ3n) is 3.79. The highest BCUT2D eigenvalue weighted by Gasteiger charge is 2.25. The van der Waals surface area contributed by atoms with Gasteiger partial charge in [-0.3, -0.25) is 9.69 Å². The van der Waals surface area contributed by atoms with Crippen LogP contribution in [0.5, 0.6) is 5.75 Å². The second kappa shape index (κ2) is 6.98. The van der Waals surface area contributed by atoms with E-state index >= 15 is 0 Å². The lowest BCUT2D eigenvalue weighted by Crippen LogP contribution is -2.28. The Labute approximate surface area is 148 Å². The van der Waals surface area contributed by atoms with Crippen LogP contribution in [0.15, 0.2) is 36.4 Å². The van der Waals surface area contributed by atoms with E-state index in [2.05, 4.69) is 10.6 Å². The number of nitrogens with zero attached hydrogens (tertiary/aromatic N) is 1. The molecule has 0 unspecified atom stereocenters. The van der Waals surface area contributed by atoms with E-state index in [0.717, 1.165) is 0 Å². The van der Waals surface area contributed by atoms with Crippen molar-refractivity contribution < 1.29 is 18.7 Å². The van der Waals surface area contributed by atoms with Gasteiger partial charge in [0.1, 0.15) is 11.6 Å². The van der Waals surface area contributed by atoms with E-state index in [1.165, 1.54) is 30.2 Å². The van der Waals surface area contributed by atoms with E-state index in [0.29, 0.717) is 24.5 Å². The minimum atomic E-state index is -0.622. The summed E-state index contributed by atoms with van der Waals surface area (Å²) < 4.78 is 18.8. The first-order valence-electron chi connectivity index (χ1n) is 7.50. The Morgan fingerprint density at radius 3 is 2.84 bits per heavy atom. The molecule has 0 aromatic heterocycles. The van der Waals surface area contributed by atoms with Crippen molar-refractivity contribution in [3.8, 4) is 5.75 Å². The van der Waals surface area contributed by atoms with Gasteiger partial charge in [0.25, 0.3) is 5.91 Å². The largest absolute Gasteiger partial charge is 0.495 e. The fraction of sp³-hybridized carbons (Fsp3) is 0.176. The predicted molar refractivity (Wildman–Crippen MR) is 93.1 cm³/mol. The maximum absolute atomic E-state index is 13.5. The smallest absolute Gasteiger partial charge is 0.322 e. The lowest BCUT2D eigenvalue weighted by atomic mass is 10.1. The molecule has 130 valence electrons. The molecule has 0 bridgehead atoms. The fourth-order valence-electron chi connectivity index (χ4n) is 2.54. The first-order chi connectivity index (χ1) is 12.0. The number of hydrogen-bond donors (Lipinski definition) is 2. The van der Waals surface area contributed by atoms with Gasteiger partial charge in [-0.15, -0.1) is 0 Å². The number of urea groups is 1. The van der Waals surface area contributed by atoms with Crippen LogP contribution < -0.4 is 20.3 Å². The van der Waals surface area contributed by atoms with E-state index in [1.807, 2.05) is 0 Å². The zero-order valence-corrected chi connectivity index (χ0v) is 14.1. The number of benzene rings is 2. The zero-order valence-electron chi connectivity index (χ0n) is 13.3. The highest BCUT2D eigenvalue weighted by Crippen LogP contribution is 2.31. The van der Waals surface area contributed by atoms with Crippen molar-refractivity contribution in [2.75, 3.05) is 30.4 Å². The summed E-state index contributed by atoms with van der Waals surface area (Å²) in [5.74, 6) is -0.628. The Bertz CT molecular complexity index is 844. The first-order valence-corrected chi connectivity index (χ1v) is 7.88. The molecular formula is C17H15ClFN3O3. The Morgan fingerprint density at radius 2 is 2.16 bits per heavy atom. The highest BCUT2D eigenvalue weighted by molar-refractivity contribution is 6.34. The van der Waals surface area contributed by atoms with Crippen LogP contribution in [-0.2, 0) is 0 Å². The van der Waals surface area contributed by atoms with Crippen LogP contribution >= 0.6 is 11.6 Å². The molecular weight excluding hydrogens is 349 g/mol. The molecule has 2 aromatic carbocycles. The quantitative estimate of drug-likeness (QED) is 0.875. The van der Waals surface area contributed by atoms with Crippen LogP contribution in [0.25, 0.3) is 0 Å². The monoisotopic (exact) mass is 363 g/mol. The van der Waals surface area contributed by atoms with Crippen molar-refractivity contribution in [3.63, 3.8) is 0 Å². The van der Waals surface area contributed by atoms with E-state index < -0.39 is 11.7 Å². The second-order valence-corrected chi connectivity index (χ2v) is 5.70. The molecule has 25 heavy (non-hydrogen) atoms. The molecule has 3 rings (SSSR count). The van der Waals surface area contributed by atoms with Gasteiger partial charge in [-0.25, -0.2) is 9.18 Å². The van der Waals surface area contributed by atoms with E-state index in [1.54, 1.807) is 18.2 Å². The van der Waals surface area contributed by atoms with Gasteiger partial charge in [-0.05, 0) is 30.3 Å². The van der Waals surface area contributed by atoms with Crippen molar-refractivity contribution in [1.29, 1.82) is 0 Å². The molecule has 1 saturated heterocycles. The highest BCUT2D eigenvalue weighted by atomic mass is 35.5. The van der Waals surface area contributed by atoms with Crippen LogP contribution in [0.3, 0.4) is 0 Å². The predicted octanol–water partition coefficient (Wildman–Crippen LogP) is 3.27. The maximum atomic E-state index is 13.5. The number of ether oxygens (including phenoxy) is 1. The normalized spacial score (nSPS) is 13.6. The number of rotatable bonds is 4. The van der Waals surface area contributed by atoms with Gasteiger partial charge in [0.05, 0.1) is 23.5 Å². The van der Waals surface area contributed by atoms with Crippen molar-refractivity contribution in [3.05, 3.63) is 52.8 Å². The van der Waals surface area contributed by atoms with E-state index in [4.69, 9.17) is 16.3 Å². The summed E-state index contributed by atoms with van der Waals surface area (Å²) in [6.07, 6.45) is 0. The molecule has 1 aliphatic heterocycles. The van der Waals surface area contributed by atoms with E-state index in [9.17, 15) is 14.0 Å². The number of nitrogens with one attached hydrogen (secondary N) is 2. The molecule has 1 aliphatic rings. The fourth-order valence-corrected chi connectivity index (χ4v) is 2.71. The van der Waals surface area contributed by atoms with Crippen LogP contribution in [0.2, 0.25) is 5.02 Å². The minimum Gasteiger partial charge on any atom is -0.495 e. The molecule has 1 fully saturated rings. The zero-order chi connectivity index (χ0) is 18.0. The summed E-state index contributed by atoms with van der Waals surface area (Å²) in [5, 5.41) is 5.09. The van der Waals surface area contributed by atoms with Crippen molar-refractivity contribution in [1.82, 2.24) is 5.32 Å². The second-order valence-electron chi connectivity index (χ2n) is 5.33. The van der Waals surface area contributed by atoms with Gasteiger partial charge in [-0.1, -0.05) is 17.7 Å². The Balaban J connectivity index is 1.90. The molecule has 0 saturated carbocycles. The third kappa shape index (κ3) is 3.36. The summed E-state index contributed by atoms with van der Waals surface area (Å²) >= 11 is 5.86. The minimum absolute atomic E-state index is 0.163. The molecule has 0 aliphatic carbocycles. The van der Waals surface area contributed by atoms with Crippen molar-refractivity contribution in [2.24, 2.45) is 0 Å². The number of carbonyl (C=O) groups excluding carboxylic acids is 2. The van der Waals surface area contributed by atoms with Crippen molar-refractivity contribution >= 4 is 34.9 Å². The topological polar surface area (TPSA) is 70.7 Å². The molecule has 8 heteroatoms. The molecule has 2 N–H and O–H groups in total. The van der Waals surface area contributed by atoms with E-state index in [-0.39, 0.29) is 22.3 Å². The molecule has 6 nitrogen and oxygen atoms in total. The van der Waals surface area contributed by atoms with Gasteiger partial charge in [0.15, 0.2) is 0 Å². The average molecular weight is 364 g/mol. The summed E-state index contributed by atoms with van der Waals surface area (Å²) in [5.41, 5.74) is 0.939. The average Bonchev–Trinajstić information content (AvgIpc) is 3.04. The number of carbonyl (C=O) groups is 2. The number of methoxy groups -OCH3 is 1. The molecule has 2 aromatic rings. The molecule has 1 heterocycles. The third-order valence-corrected chi connectivity index (χ3v) is 4.17. The standard InChI is InChI=1S/C17H15ClFN3O3/c1-25-14-6-5-10(9-13(14)22-8-7-20-17(22)24)16(23)21-12-4-2-3-11(19)15(12)18/h2-6,9H,7-8H2,1H3,(H,20,24)(H,21,23). The number of anilines is 2. The van der Waals surface area contributed by atoms with Crippen LogP contribution in [-0.4, -0.2) is 32.1 Å². The number of amides is 3. The molecule has 0 spiro atoms. The number of halogens is 2. The molecule has 3 amide bonds. The van der Waals surface area contributed by atoms with Crippen LogP contribution in [0.4, 0.5) is 20.6 Å². The van der Waals surface area contributed by atoms with Gasteiger partial charge in [-0.2, -0.15) is 0 Å². The van der Waals surface area contributed by atoms with Gasteiger partial charge >= 0.3 is 6.03 Å². The maximum Gasteiger partial charge on any atom is 0.322 e. The van der Waals surface area contributed by atoms with Gasteiger partial charge < -0.3 is 15.4 Å². The lowest BCUT2D eigenvalue weighted by Gasteiger charge is -2.18. The van der Waals surface area contributed by atoms with Crippen LogP contribution in [0.1, 0.15) is 10.4 Å².